The molecule has 0 radical (unpaired) electrons. The number of rotatable bonds is 6. The fraction of sp³-hybridized carbons (Fsp3) is 0.393. The first kappa shape index (κ1) is 23.9. The van der Waals surface area contributed by atoms with Gasteiger partial charge in [0.05, 0.1) is 34.0 Å². The Bertz CT molecular complexity index is 1250. The number of nitrogens with one attached hydrogen (secondary N) is 1. The Labute approximate surface area is 210 Å². The minimum absolute atomic E-state index is 0.00437. The number of methoxy groups -OCH3 is 4. The standard InChI is InChI=1S/C28H31NO7/c1-32-20-10-7-8-17-22-18-9-5-6-15-28(18,36-25(17)20)29-27(31)23(22)19(30)13-11-16-12-14-21(33-2)26(35-4)24(16)34-3/h7-8,10-14,18,22,30H,5-6,9,15H2,1-4H3,(H,29,31)/b13-11?,23-19-. The average Bonchev–Trinajstić information content (AvgIpc) is 2.90. The van der Waals surface area contributed by atoms with Crippen molar-refractivity contribution in [2.24, 2.45) is 5.92 Å². The molecule has 1 saturated carbocycles. The normalized spacial score (nSPS) is 25.7. The number of allylic oxidation sites excluding steroid dienone is 1. The quantitative estimate of drug-likeness (QED) is 0.443. The van der Waals surface area contributed by atoms with Crippen molar-refractivity contribution in [3.05, 3.63) is 58.9 Å². The van der Waals surface area contributed by atoms with E-state index < -0.39 is 5.72 Å². The second kappa shape index (κ2) is 9.33. The first-order valence-electron chi connectivity index (χ1n) is 12.1. The van der Waals surface area contributed by atoms with Gasteiger partial charge in [0.15, 0.2) is 28.7 Å². The van der Waals surface area contributed by atoms with Gasteiger partial charge in [-0.3, -0.25) is 4.79 Å². The van der Waals surface area contributed by atoms with E-state index in [2.05, 4.69) is 5.32 Å². The van der Waals surface area contributed by atoms with Gasteiger partial charge in [-0.05, 0) is 43.2 Å². The van der Waals surface area contributed by atoms with Crippen LogP contribution in [0.1, 0.15) is 42.7 Å². The van der Waals surface area contributed by atoms with E-state index in [1.54, 1.807) is 32.4 Å². The maximum atomic E-state index is 13.4. The molecule has 0 spiro atoms. The molecule has 1 aliphatic carbocycles. The Hall–Kier alpha value is -3.81. The fourth-order valence-corrected chi connectivity index (χ4v) is 5.91. The van der Waals surface area contributed by atoms with E-state index >= 15 is 0 Å². The lowest BCUT2D eigenvalue weighted by molar-refractivity contribution is -0.140. The third-order valence-corrected chi connectivity index (χ3v) is 7.48. The molecule has 3 unspecified atom stereocenters. The van der Waals surface area contributed by atoms with Crippen LogP contribution in [0.2, 0.25) is 0 Å². The molecule has 2 aliphatic heterocycles. The van der Waals surface area contributed by atoms with Gasteiger partial charge in [-0.2, -0.15) is 0 Å². The van der Waals surface area contributed by atoms with Crippen molar-refractivity contribution in [2.75, 3.05) is 28.4 Å². The zero-order valence-electron chi connectivity index (χ0n) is 20.9. The highest BCUT2D eigenvalue weighted by Crippen LogP contribution is 2.57. The molecule has 8 heteroatoms. The number of aliphatic hydroxyl groups is 1. The Balaban J connectivity index is 1.62. The van der Waals surface area contributed by atoms with Gasteiger partial charge in [-0.1, -0.05) is 18.6 Å². The molecule has 36 heavy (non-hydrogen) atoms. The summed E-state index contributed by atoms with van der Waals surface area (Å²) in [7, 11) is 6.23. The van der Waals surface area contributed by atoms with Gasteiger partial charge in [0.1, 0.15) is 5.76 Å². The summed E-state index contributed by atoms with van der Waals surface area (Å²) in [6.07, 6.45) is 6.82. The maximum absolute atomic E-state index is 13.4. The summed E-state index contributed by atoms with van der Waals surface area (Å²) < 4.78 is 28.5. The Morgan fingerprint density at radius 3 is 2.53 bits per heavy atom. The summed E-state index contributed by atoms with van der Waals surface area (Å²) in [5, 5.41) is 14.4. The monoisotopic (exact) mass is 493 g/mol. The number of benzene rings is 2. The first-order valence-corrected chi connectivity index (χ1v) is 12.1. The van der Waals surface area contributed by atoms with Crippen LogP contribution in [0.5, 0.6) is 28.7 Å². The number of hydrogen-bond donors (Lipinski definition) is 2. The SMILES string of the molecule is COc1cccc2c1OC13CCCCC1C2/C(=C(/O)C=Cc1ccc(OC)c(OC)c1OC)C(=O)N3. The van der Waals surface area contributed by atoms with E-state index in [-0.39, 0.29) is 23.5 Å². The van der Waals surface area contributed by atoms with E-state index in [4.69, 9.17) is 23.7 Å². The zero-order chi connectivity index (χ0) is 25.4. The Kier molecular flexibility index (Phi) is 6.20. The summed E-state index contributed by atoms with van der Waals surface area (Å²) in [4.78, 5) is 13.4. The number of fused-ring (bicyclic) bond motifs is 2. The molecule has 2 N–H and O–H groups in total. The van der Waals surface area contributed by atoms with Crippen molar-refractivity contribution in [1.29, 1.82) is 0 Å². The predicted octanol–water partition coefficient (Wildman–Crippen LogP) is 4.74. The molecule has 2 fully saturated rings. The van der Waals surface area contributed by atoms with Crippen LogP contribution < -0.4 is 29.0 Å². The number of amides is 1. The second-order valence-electron chi connectivity index (χ2n) is 9.21. The third kappa shape index (κ3) is 3.63. The van der Waals surface area contributed by atoms with Crippen LogP contribution in [0.25, 0.3) is 6.08 Å². The number of para-hydroxylation sites is 1. The number of hydrogen-bond acceptors (Lipinski definition) is 7. The number of aliphatic hydroxyl groups excluding tert-OH is 1. The number of piperidine rings is 1. The van der Waals surface area contributed by atoms with Crippen molar-refractivity contribution in [3.63, 3.8) is 0 Å². The second-order valence-corrected chi connectivity index (χ2v) is 9.21. The van der Waals surface area contributed by atoms with E-state index in [1.807, 2.05) is 18.2 Å². The summed E-state index contributed by atoms with van der Waals surface area (Å²) >= 11 is 0. The summed E-state index contributed by atoms with van der Waals surface area (Å²) in [5.41, 5.74) is 1.04. The highest BCUT2D eigenvalue weighted by Gasteiger charge is 2.58. The molecule has 1 amide bonds. The van der Waals surface area contributed by atoms with Crippen molar-refractivity contribution in [1.82, 2.24) is 5.32 Å². The highest BCUT2D eigenvalue weighted by molar-refractivity contribution is 5.98. The summed E-state index contributed by atoms with van der Waals surface area (Å²) in [6.45, 7) is 0. The van der Waals surface area contributed by atoms with Crippen molar-refractivity contribution in [3.8, 4) is 28.7 Å². The minimum atomic E-state index is -0.804. The molecular formula is C28H31NO7. The molecular weight excluding hydrogens is 462 g/mol. The maximum Gasteiger partial charge on any atom is 0.254 e. The predicted molar refractivity (Wildman–Crippen MR) is 134 cm³/mol. The Morgan fingerprint density at radius 2 is 1.81 bits per heavy atom. The lowest BCUT2D eigenvalue weighted by Gasteiger charge is -2.54. The van der Waals surface area contributed by atoms with Crippen LogP contribution in [0.3, 0.4) is 0 Å². The van der Waals surface area contributed by atoms with Gasteiger partial charge in [0, 0.05) is 29.4 Å². The molecule has 2 bridgehead atoms. The molecule has 8 nitrogen and oxygen atoms in total. The zero-order valence-corrected chi connectivity index (χ0v) is 20.9. The van der Waals surface area contributed by atoms with Crippen LogP contribution in [0, 0.1) is 5.92 Å². The molecule has 2 aromatic carbocycles. The molecule has 2 heterocycles. The van der Waals surface area contributed by atoms with Crippen LogP contribution >= 0.6 is 0 Å². The van der Waals surface area contributed by atoms with Crippen molar-refractivity contribution >= 4 is 12.0 Å². The van der Waals surface area contributed by atoms with E-state index in [1.165, 1.54) is 20.3 Å². The van der Waals surface area contributed by atoms with Gasteiger partial charge in [-0.25, -0.2) is 0 Å². The topological polar surface area (TPSA) is 95.5 Å². The third-order valence-electron chi connectivity index (χ3n) is 7.48. The number of carbonyl (C=O) groups excluding carboxylic acids is 1. The fourth-order valence-electron chi connectivity index (χ4n) is 5.91. The molecule has 190 valence electrons. The molecule has 3 atom stereocenters. The van der Waals surface area contributed by atoms with Crippen molar-refractivity contribution < 1.29 is 33.6 Å². The van der Waals surface area contributed by atoms with Crippen LogP contribution in [-0.2, 0) is 4.79 Å². The molecule has 5 rings (SSSR count). The van der Waals surface area contributed by atoms with Crippen LogP contribution in [0.4, 0.5) is 0 Å². The first-order chi connectivity index (χ1) is 17.5. The van der Waals surface area contributed by atoms with Crippen LogP contribution in [0.15, 0.2) is 47.7 Å². The molecule has 2 aromatic rings. The van der Waals surface area contributed by atoms with Crippen molar-refractivity contribution in [2.45, 2.75) is 37.3 Å². The highest BCUT2D eigenvalue weighted by atomic mass is 16.5. The smallest absolute Gasteiger partial charge is 0.254 e. The van der Waals surface area contributed by atoms with E-state index in [9.17, 15) is 9.90 Å². The number of carbonyl (C=O) groups is 1. The molecule has 0 aromatic heterocycles. The lowest BCUT2D eigenvalue weighted by atomic mass is 9.64. The average molecular weight is 494 g/mol. The van der Waals surface area contributed by atoms with Gasteiger partial charge in [0.2, 0.25) is 5.75 Å². The summed E-state index contributed by atoms with van der Waals surface area (Å²) in [6, 6.07) is 9.26. The van der Waals surface area contributed by atoms with Gasteiger partial charge >= 0.3 is 0 Å². The van der Waals surface area contributed by atoms with Gasteiger partial charge < -0.3 is 34.1 Å². The molecule has 1 saturated heterocycles. The van der Waals surface area contributed by atoms with Gasteiger partial charge in [0.25, 0.3) is 5.91 Å². The van der Waals surface area contributed by atoms with E-state index in [0.717, 1.165) is 24.8 Å². The van der Waals surface area contributed by atoms with Crippen LogP contribution in [-0.4, -0.2) is 45.2 Å². The number of ether oxygens (including phenoxy) is 5. The summed E-state index contributed by atoms with van der Waals surface area (Å²) in [5.74, 6) is 1.92. The minimum Gasteiger partial charge on any atom is -0.507 e. The van der Waals surface area contributed by atoms with Gasteiger partial charge in [-0.15, -0.1) is 0 Å². The Morgan fingerprint density at radius 1 is 1.03 bits per heavy atom. The lowest BCUT2D eigenvalue weighted by Crippen LogP contribution is -2.66. The van der Waals surface area contributed by atoms with E-state index in [0.29, 0.717) is 46.3 Å². The molecule has 3 aliphatic rings. The largest absolute Gasteiger partial charge is 0.507 e.